The van der Waals surface area contributed by atoms with Gasteiger partial charge in [-0.1, -0.05) is 0 Å². The molecule has 0 radical (unpaired) electrons. The van der Waals surface area contributed by atoms with Crippen molar-refractivity contribution in [2.24, 2.45) is 11.7 Å². The van der Waals surface area contributed by atoms with E-state index in [1.54, 1.807) is 6.92 Å². The Morgan fingerprint density at radius 2 is 2.50 bits per heavy atom. The molecular weight excluding hydrogens is 130 g/mol. The van der Waals surface area contributed by atoms with E-state index in [1.807, 2.05) is 0 Å². The molecule has 0 aromatic heterocycles. The Hall–Kier alpha value is -0.410. The third-order valence-electron chi connectivity index (χ3n) is 1.92. The number of rotatable bonds is 2. The van der Waals surface area contributed by atoms with Crippen molar-refractivity contribution in [1.29, 1.82) is 0 Å². The Labute approximate surface area is 60.5 Å². The number of nitrogens with two attached hydrogens (primary N) is 1. The van der Waals surface area contributed by atoms with Crippen LogP contribution in [0.5, 0.6) is 0 Å². The molecule has 1 rings (SSSR count). The van der Waals surface area contributed by atoms with Gasteiger partial charge in [0.1, 0.15) is 6.10 Å². The van der Waals surface area contributed by atoms with Crippen LogP contribution in [0.15, 0.2) is 0 Å². The zero-order valence-corrected chi connectivity index (χ0v) is 6.17. The van der Waals surface area contributed by atoms with Crippen molar-refractivity contribution in [3.8, 4) is 0 Å². The molecule has 2 N–H and O–H groups in total. The molecule has 3 heteroatoms. The van der Waals surface area contributed by atoms with E-state index in [2.05, 4.69) is 0 Å². The summed E-state index contributed by atoms with van der Waals surface area (Å²) < 4.78 is 5.19. The van der Waals surface area contributed by atoms with Gasteiger partial charge in [0.25, 0.3) is 0 Å². The second-order valence-corrected chi connectivity index (χ2v) is 2.69. The molecule has 0 aromatic rings. The third kappa shape index (κ3) is 1.36. The van der Waals surface area contributed by atoms with E-state index in [4.69, 9.17) is 10.5 Å². The minimum atomic E-state index is -0.218. The molecule has 0 amide bonds. The summed E-state index contributed by atoms with van der Waals surface area (Å²) in [6.45, 7) is 2.80. The molecular formula is C7H13NO2. The first-order valence-corrected chi connectivity index (χ1v) is 3.58. The second-order valence-electron chi connectivity index (χ2n) is 2.69. The Morgan fingerprint density at radius 1 is 1.80 bits per heavy atom. The summed E-state index contributed by atoms with van der Waals surface area (Å²) in [6, 6.07) is 0. The van der Waals surface area contributed by atoms with Crippen LogP contribution in [0.4, 0.5) is 0 Å². The van der Waals surface area contributed by atoms with Crippen LogP contribution in [0, 0.1) is 5.92 Å². The summed E-state index contributed by atoms with van der Waals surface area (Å²) in [7, 11) is 0. The van der Waals surface area contributed by atoms with Crippen molar-refractivity contribution in [3.63, 3.8) is 0 Å². The van der Waals surface area contributed by atoms with Gasteiger partial charge in [-0.3, -0.25) is 4.79 Å². The van der Waals surface area contributed by atoms with Crippen molar-refractivity contribution in [3.05, 3.63) is 0 Å². The predicted octanol–water partition coefficient (Wildman–Crippen LogP) is -0.0608. The second kappa shape index (κ2) is 3.12. The van der Waals surface area contributed by atoms with Gasteiger partial charge in [0.2, 0.25) is 0 Å². The topological polar surface area (TPSA) is 52.3 Å². The lowest BCUT2D eigenvalue weighted by Crippen LogP contribution is -2.29. The molecule has 1 aliphatic rings. The quantitative estimate of drug-likeness (QED) is 0.589. The first kappa shape index (κ1) is 7.69. The Bertz CT molecular complexity index is 136. The lowest BCUT2D eigenvalue weighted by Gasteiger charge is -2.12. The summed E-state index contributed by atoms with van der Waals surface area (Å²) in [6.07, 6.45) is 0.714. The molecule has 1 saturated heterocycles. The van der Waals surface area contributed by atoms with E-state index >= 15 is 0 Å². The van der Waals surface area contributed by atoms with Gasteiger partial charge in [0, 0.05) is 12.5 Å². The van der Waals surface area contributed by atoms with Gasteiger partial charge in [-0.2, -0.15) is 0 Å². The van der Waals surface area contributed by atoms with Crippen LogP contribution in [0.1, 0.15) is 13.3 Å². The molecule has 1 fully saturated rings. The number of hydrogen-bond acceptors (Lipinski definition) is 3. The van der Waals surface area contributed by atoms with Crippen molar-refractivity contribution in [1.82, 2.24) is 0 Å². The molecule has 0 unspecified atom stereocenters. The summed E-state index contributed by atoms with van der Waals surface area (Å²) in [5.41, 5.74) is 5.43. The first-order valence-electron chi connectivity index (χ1n) is 3.58. The van der Waals surface area contributed by atoms with Gasteiger partial charge in [-0.25, -0.2) is 0 Å². The maximum Gasteiger partial charge on any atom is 0.158 e. The molecule has 0 bridgehead atoms. The van der Waals surface area contributed by atoms with Crippen molar-refractivity contribution in [2.75, 3.05) is 13.2 Å². The van der Waals surface area contributed by atoms with Crippen LogP contribution >= 0.6 is 0 Å². The fraction of sp³-hybridized carbons (Fsp3) is 0.857. The SMILES string of the molecule is CC(=O)[C@@H]1OCC[C@@H]1CN. The lowest BCUT2D eigenvalue weighted by atomic mass is 9.99. The smallest absolute Gasteiger partial charge is 0.158 e. The molecule has 2 atom stereocenters. The molecule has 0 aromatic carbocycles. The maximum absolute atomic E-state index is 10.8. The molecule has 0 spiro atoms. The zero-order chi connectivity index (χ0) is 7.56. The van der Waals surface area contributed by atoms with Crippen molar-refractivity contribution in [2.45, 2.75) is 19.4 Å². The Balaban J connectivity index is 2.50. The van der Waals surface area contributed by atoms with Crippen molar-refractivity contribution < 1.29 is 9.53 Å². The van der Waals surface area contributed by atoms with E-state index in [0.29, 0.717) is 13.2 Å². The lowest BCUT2D eigenvalue weighted by molar-refractivity contribution is -0.127. The number of carbonyl (C=O) groups is 1. The van der Waals surface area contributed by atoms with Crippen LogP contribution in [0.3, 0.4) is 0 Å². The normalized spacial score (nSPS) is 32.6. The molecule has 10 heavy (non-hydrogen) atoms. The third-order valence-corrected chi connectivity index (χ3v) is 1.92. The van der Waals surface area contributed by atoms with Gasteiger partial charge >= 0.3 is 0 Å². The van der Waals surface area contributed by atoms with Gasteiger partial charge in [-0.15, -0.1) is 0 Å². The highest BCUT2D eigenvalue weighted by Gasteiger charge is 2.30. The standard InChI is InChI=1S/C7H13NO2/c1-5(9)7-6(4-8)2-3-10-7/h6-7H,2-4,8H2,1H3/t6-,7+/m1/s1. The summed E-state index contributed by atoms with van der Waals surface area (Å²) in [5, 5.41) is 0. The number of ether oxygens (including phenoxy) is 1. The van der Waals surface area contributed by atoms with Crippen LogP contribution in [0.2, 0.25) is 0 Å². The first-order chi connectivity index (χ1) is 4.75. The van der Waals surface area contributed by atoms with E-state index < -0.39 is 0 Å². The number of hydrogen-bond donors (Lipinski definition) is 1. The molecule has 3 nitrogen and oxygen atoms in total. The Kier molecular flexibility index (Phi) is 2.40. The fourth-order valence-corrected chi connectivity index (χ4v) is 1.32. The number of ketones is 1. The van der Waals surface area contributed by atoms with E-state index in [-0.39, 0.29) is 17.8 Å². The fourth-order valence-electron chi connectivity index (χ4n) is 1.32. The van der Waals surface area contributed by atoms with Crippen LogP contribution in [-0.2, 0) is 9.53 Å². The van der Waals surface area contributed by atoms with E-state index in [9.17, 15) is 4.79 Å². The van der Waals surface area contributed by atoms with Crippen LogP contribution in [-0.4, -0.2) is 25.0 Å². The van der Waals surface area contributed by atoms with E-state index in [0.717, 1.165) is 6.42 Å². The average molecular weight is 143 g/mol. The van der Waals surface area contributed by atoms with Crippen LogP contribution < -0.4 is 5.73 Å². The average Bonchev–Trinajstić information content (AvgIpc) is 2.33. The zero-order valence-electron chi connectivity index (χ0n) is 6.17. The van der Waals surface area contributed by atoms with Gasteiger partial charge in [0.15, 0.2) is 5.78 Å². The number of Topliss-reactive ketones (excluding diaryl/α,β-unsaturated/α-hetero) is 1. The van der Waals surface area contributed by atoms with Crippen molar-refractivity contribution >= 4 is 5.78 Å². The van der Waals surface area contributed by atoms with Gasteiger partial charge < -0.3 is 10.5 Å². The maximum atomic E-state index is 10.8. The minimum Gasteiger partial charge on any atom is -0.370 e. The highest BCUT2D eigenvalue weighted by Crippen LogP contribution is 2.19. The molecule has 1 heterocycles. The van der Waals surface area contributed by atoms with Gasteiger partial charge in [0.05, 0.1) is 0 Å². The predicted molar refractivity (Wildman–Crippen MR) is 37.6 cm³/mol. The number of carbonyl (C=O) groups excluding carboxylic acids is 1. The molecule has 58 valence electrons. The van der Waals surface area contributed by atoms with E-state index in [1.165, 1.54) is 0 Å². The Morgan fingerprint density at radius 3 is 2.90 bits per heavy atom. The van der Waals surface area contributed by atoms with Crippen LogP contribution in [0.25, 0.3) is 0 Å². The highest BCUT2D eigenvalue weighted by atomic mass is 16.5. The molecule has 1 aliphatic heterocycles. The largest absolute Gasteiger partial charge is 0.370 e. The summed E-state index contributed by atoms with van der Waals surface area (Å²) >= 11 is 0. The summed E-state index contributed by atoms with van der Waals surface area (Å²) in [5.74, 6) is 0.366. The summed E-state index contributed by atoms with van der Waals surface area (Å²) in [4.78, 5) is 10.8. The monoisotopic (exact) mass is 143 g/mol. The minimum absolute atomic E-state index is 0.105. The highest BCUT2D eigenvalue weighted by molar-refractivity contribution is 5.81. The molecule has 0 aliphatic carbocycles. The van der Waals surface area contributed by atoms with Gasteiger partial charge in [-0.05, 0) is 19.9 Å². The molecule has 0 saturated carbocycles.